The summed E-state index contributed by atoms with van der Waals surface area (Å²) in [6.07, 6.45) is 30.3. The van der Waals surface area contributed by atoms with Gasteiger partial charge in [0.25, 0.3) is 0 Å². The quantitative estimate of drug-likeness (QED) is 0.116. The van der Waals surface area contributed by atoms with Gasteiger partial charge in [-0.2, -0.15) is 0 Å². The third-order valence-electron chi connectivity index (χ3n) is 6.29. The number of ether oxygens (including phenoxy) is 1. The summed E-state index contributed by atoms with van der Waals surface area (Å²) >= 11 is 0. The fourth-order valence-corrected chi connectivity index (χ4v) is 4.11. The number of hydrogen-bond acceptors (Lipinski definition) is 3. The smallest absolute Gasteiger partial charge is 0.335 e. The molecule has 0 aliphatic heterocycles. The van der Waals surface area contributed by atoms with Crippen molar-refractivity contribution in [1.29, 1.82) is 0 Å². The second-order valence-corrected chi connectivity index (χ2v) is 9.59. The molecule has 0 saturated heterocycles. The van der Waals surface area contributed by atoms with Gasteiger partial charge in [0.05, 0.1) is 17.7 Å². The van der Waals surface area contributed by atoms with Gasteiger partial charge in [-0.25, -0.2) is 9.59 Å². The van der Waals surface area contributed by atoms with Crippen molar-refractivity contribution in [3.8, 4) is 5.75 Å². The first-order chi connectivity index (χ1) is 17.5. The number of aromatic carboxylic acids is 2. The van der Waals surface area contributed by atoms with Gasteiger partial charge in [0.15, 0.2) is 0 Å². The molecule has 0 aliphatic carbocycles. The minimum absolute atomic E-state index is 0.0745. The fraction of sp³-hybridized carbons (Fsp3) is 0.613. The van der Waals surface area contributed by atoms with Crippen LogP contribution < -0.4 is 4.74 Å². The maximum Gasteiger partial charge on any atom is 0.335 e. The fourth-order valence-electron chi connectivity index (χ4n) is 4.11. The van der Waals surface area contributed by atoms with Gasteiger partial charge in [-0.1, -0.05) is 108 Å². The number of carboxylic acids is 2. The number of unbranched alkanes of at least 4 members (excludes halogenated alkanes) is 15. The highest BCUT2D eigenvalue weighted by molar-refractivity contribution is 5.94. The van der Waals surface area contributed by atoms with E-state index in [-0.39, 0.29) is 11.1 Å². The van der Waals surface area contributed by atoms with Crippen LogP contribution in [-0.2, 0) is 0 Å². The molecular formula is C31H48O5. The van der Waals surface area contributed by atoms with E-state index in [1.54, 1.807) is 0 Å². The highest BCUT2D eigenvalue weighted by atomic mass is 16.5. The topological polar surface area (TPSA) is 83.8 Å². The van der Waals surface area contributed by atoms with Gasteiger partial charge in [-0.05, 0) is 50.3 Å². The molecule has 0 aromatic heterocycles. The van der Waals surface area contributed by atoms with Gasteiger partial charge in [0.2, 0.25) is 0 Å². The second kappa shape index (κ2) is 21.7. The lowest BCUT2D eigenvalue weighted by atomic mass is 10.1. The van der Waals surface area contributed by atoms with Crippen molar-refractivity contribution in [2.24, 2.45) is 0 Å². The van der Waals surface area contributed by atoms with Crippen LogP contribution in [0.1, 0.15) is 137 Å². The predicted molar refractivity (Wildman–Crippen MR) is 148 cm³/mol. The van der Waals surface area contributed by atoms with Crippen molar-refractivity contribution < 1.29 is 24.5 Å². The first-order valence-electron chi connectivity index (χ1n) is 14.1. The molecule has 202 valence electrons. The van der Waals surface area contributed by atoms with Gasteiger partial charge in [0.1, 0.15) is 5.75 Å². The van der Waals surface area contributed by atoms with E-state index in [0.717, 1.165) is 31.7 Å². The van der Waals surface area contributed by atoms with Crippen molar-refractivity contribution in [2.45, 2.75) is 116 Å². The van der Waals surface area contributed by atoms with Crippen LogP contribution in [0.5, 0.6) is 5.75 Å². The molecule has 2 N–H and O–H groups in total. The summed E-state index contributed by atoms with van der Waals surface area (Å²) in [6, 6.07) is 3.88. The largest absolute Gasteiger partial charge is 0.494 e. The Kier molecular flexibility index (Phi) is 19.0. The van der Waals surface area contributed by atoms with Crippen LogP contribution in [0.2, 0.25) is 0 Å². The Morgan fingerprint density at radius 1 is 0.639 bits per heavy atom. The Labute approximate surface area is 218 Å². The summed E-state index contributed by atoms with van der Waals surface area (Å²) < 4.78 is 5.59. The van der Waals surface area contributed by atoms with Gasteiger partial charge in [-0.3, -0.25) is 0 Å². The van der Waals surface area contributed by atoms with E-state index in [9.17, 15) is 9.59 Å². The molecule has 0 radical (unpaired) electrons. The highest BCUT2D eigenvalue weighted by Gasteiger charge is 2.12. The summed E-state index contributed by atoms with van der Waals surface area (Å²) in [7, 11) is 0. The number of allylic oxidation sites excluding steroid dienone is 4. The molecule has 0 heterocycles. The van der Waals surface area contributed by atoms with Crippen molar-refractivity contribution in [3.63, 3.8) is 0 Å². The Balaban J connectivity index is 1.94. The third kappa shape index (κ3) is 17.0. The SMILES string of the molecule is CCCCCCCCCC/C=C/C=C/CCCCCCCCCOc1cc(C(=O)O)cc(C(=O)O)c1. The zero-order valence-electron chi connectivity index (χ0n) is 22.4. The van der Waals surface area contributed by atoms with Gasteiger partial charge in [-0.15, -0.1) is 0 Å². The summed E-state index contributed by atoms with van der Waals surface area (Å²) in [6.45, 7) is 2.72. The molecule has 0 amide bonds. The van der Waals surface area contributed by atoms with Gasteiger partial charge in [0, 0.05) is 0 Å². The molecule has 0 bridgehead atoms. The van der Waals surface area contributed by atoms with Crippen LogP contribution in [0, 0.1) is 0 Å². The number of carboxylic acid groups (broad SMARTS) is 2. The molecule has 1 aromatic carbocycles. The van der Waals surface area contributed by atoms with Crippen molar-refractivity contribution in [1.82, 2.24) is 0 Å². The molecule has 1 rings (SSSR count). The van der Waals surface area contributed by atoms with E-state index >= 15 is 0 Å². The van der Waals surface area contributed by atoms with Crippen LogP contribution in [0.4, 0.5) is 0 Å². The minimum atomic E-state index is -1.16. The predicted octanol–water partition coefficient (Wildman–Crippen LogP) is 9.23. The Morgan fingerprint density at radius 2 is 1.06 bits per heavy atom. The zero-order chi connectivity index (χ0) is 26.3. The van der Waals surface area contributed by atoms with E-state index < -0.39 is 11.9 Å². The van der Waals surface area contributed by atoms with Gasteiger partial charge < -0.3 is 14.9 Å². The summed E-state index contributed by atoms with van der Waals surface area (Å²) in [5.74, 6) is -2.03. The molecule has 0 saturated carbocycles. The lowest BCUT2D eigenvalue weighted by molar-refractivity contribution is 0.0696. The van der Waals surface area contributed by atoms with Crippen LogP contribution >= 0.6 is 0 Å². The maximum atomic E-state index is 11.1. The standard InChI is InChI=1S/C31H48O5/c1-2-3-4-5-6-7-8-9-10-11-12-13-14-15-16-17-18-19-20-21-22-23-36-29-25-27(30(32)33)24-28(26-29)31(34)35/h11-14,24-26H,2-10,15-23H2,1H3,(H,32,33)(H,34,35)/b12-11+,14-13+. The number of carbonyl (C=O) groups is 2. The van der Waals surface area contributed by atoms with Crippen molar-refractivity contribution in [3.05, 3.63) is 53.6 Å². The third-order valence-corrected chi connectivity index (χ3v) is 6.29. The van der Waals surface area contributed by atoms with Crippen LogP contribution in [0.15, 0.2) is 42.5 Å². The van der Waals surface area contributed by atoms with E-state index in [0.29, 0.717) is 12.4 Å². The zero-order valence-corrected chi connectivity index (χ0v) is 22.4. The Morgan fingerprint density at radius 3 is 1.50 bits per heavy atom. The van der Waals surface area contributed by atoms with E-state index in [1.807, 2.05) is 0 Å². The normalized spacial score (nSPS) is 11.5. The lowest BCUT2D eigenvalue weighted by Crippen LogP contribution is -2.05. The first kappa shape index (κ1) is 31.5. The number of benzene rings is 1. The van der Waals surface area contributed by atoms with E-state index in [2.05, 4.69) is 31.2 Å². The number of hydrogen-bond donors (Lipinski definition) is 2. The minimum Gasteiger partial charge on any atom is -0.494 e. The first-order valence-corrected chi connectivity index (χ1v) is 14.1. The maximum absolute atomic E-state index is 11.1. The Hall–Kier alpha value is -2.56. The van der Waals surface area contributed by atoms with Crippen LogP contribution in [0.3, 0.4) is 0 Å². The molecule has 5 nitrogen and oxygen atoms in total. The lowest BCUT2D eigenvalue weighted by Gasteiger charge is -2.08. The van der Waals surface area contributed by atoms with Crippen LogP contribution in [0.25, 0.3) is 0 Å². The monoisotopic (exact) mass is 500 g/mol. The molecule has 5 heteroatoms. The Bertz CT molecular complexity index is 749. The highest BCUT2D eigenvalue weighted by Crippen LogP contribution is 2.19. The molecule has 0 unspecified atom stereocenters. The van der Waals surface area contributed by atoms with E-state index in [1.165, 1.54) is 95.6 Å². The molecule has 0 spiro atoms. The molecular weight excluding hydrogens is 452 g/mol. The summed E-state index contributed by atoms with van der Waals surface area (Å²) in [5.41, 5.74) is -0.149. The van der Waals surface area contributed by atoms with Crippen molar-refractivity contribution >= 4 is 11.9 Å². The van der Waals surface area contributed by atoms with Crippen LogP contribution in [-0.4, -0.2) is 28.8 Å². The molecule has 0 fully saturated rings. The van der Waals surface area contributed by atoms with Gasteiger partial charge >= 0.3 is 11.9 Å². The molecule has 1 aromatic rings. The molecule has 36 heavy (non-hydrogen) atoms. The van der Waals surface area contributed by atoms with Crippen molar-refractivity contribution in [2.75, 3.05) is 6.61 Å². The second-order valence-electron chi connectivity index (χ2n) is 9.59. The molecule has 0 atom stereocenters. The molecule has 0 aliphatic rings. The summed E-state index contributed by atoms with van der Waals surface area (Å²) in [5, 5.41) is 18.2. The number of rotatable bonds is 23. The average Bonchev–Trinajstić information content (AvgIpc) is 2.86. The summed E-state index contributed by atoms with van der Waals surface area (Å²) in [4.78, 5) is 22.3. The van der Waals surface area contributed by atoms with E-state index in [4.69, 9.17) is 14.9 Å². The average molecular weight is 501 g/mol.